The SMILES string of the molecule is CC1(C)CCOc2ccc(C#Cc3cnnc(CC(=O)O)c3)cc21. The normalized spacial score (nSPS) is 14.8. The molecule has 1 aliphatic rings. The average molecular weight is 322 g/mol. The molecule has 5 heteroatoms. The van der Waals surface area contributed by atoms with E-state index >= 15 is 0 Å². The number of aromatic nitrogens is 2. The first-order chi connectivity index (χ1) is 11.4. The Morgan fingerprint density at radius 3 is 2.88 bits per heavy atom. The quantitative estimate of drug-likeness (QED) is 0.860. The zero-order valence-corrected chi connectivity index (χ0v) is 13.7. The lowest BCUT2D eigenvalue weighted by molar-refractivity contribution is -0.136. The lowest BCUT2D eigenvalue weighted by atomic mass is 9.79. The van der Waals surface area contributed by atoms with Crippen LogP contribution >= 0.6 is 0 Å². The van der Waals surface area contributed by atoms with E-state index < -0.39 is 5.97 Å². The van der Waals surface area contributed by atoms with E-state index in [1.54, 1.807) is 6.07 Å². The van der Waals surface area contributed by atoms with E-state index in [1.807, 2.05) is 12.1 Å². The number of carboxylic acids is 1. The van der Waals surface area contributed by atoms with Gasteiger partial charge >= 0.3 is 5.97 Å². The predicted molar refractivity (Wildman–Crippen MR) is 88.9 cm³/mol. The first kappa shape index (κ1) is 16.0. The standard InChI is InChI=1S/C19H18N2O3/c1-19(2)7-8-24-17-6-5-13(10-16(17)19)3-4-14-9-15(11-18(22)23)21-20-12-14/h5-6,9-10,12H,7-8,11H2,1-2H3,(H,22,23). The zero-order valence-electron chi connectivity index (χ0n) is 13.7. The zero-order chi connectivity index (χ0) is 17.2. The summed E-state index contributed by atoms with van der Waals surface area (Å²) in [5.41, 5.74) is 3.17. The van der Waals surface area contributed by atoms with Gasteiger partial charge in [-0.15, -0.1) is 0 Å². The van der Waals surface area contributed by atoms with Crippen LogP contribution in [0.1, 0.15) is 42.7 Å². The lowest BCUT2D eigenvalue weighted by Gasteiger charge is -2.32. The van der Waals surface area contributed by atoms with Crippen LogP contribution in [0.5, 0.6) is 5.75 Å². The fourth-order valence-corrected chi connectivity index (χ4v) is 2.68. The van der Waals surface area contributed by atoms with Gasteiger partial charge in [-0.25, -0.2) is 0 Å². The molecule has 1 aromatic heterocycles. The van der Waals surface area contributed by atoms with Crippen molar-refractivity contribution in [3.63, 3.8) is 0 Å². The predicted octanol–water partition coefficient (Wildman–Crippen LogP) is 2.56. The molecular formula is C19H18N2O3. The molecule has 0 bridgehead atoms. The monoisotopic (exact) mass is 322 g/mol. The molecule has 1 aliphatic heterocycles. The summed E-state index contributed by atoms with van der Waals surface area (Å²) in [4.78, 5) is 10.7. The van der Waals surface area contributed by atoms with Gasteiger partial charge in [-0.3, -0.25) is 4.79 Å². The smallest absolute Gasteiger partial charge is 0.309 e. The van der Waals surface area contributed by atoms with Crippen LogP contribution in [0.25, 0.3) is 0 Å². The second-order valence-corrected chi connectivity index (χ2v) is 6.45. The van der Waals surface area contributed by atoms with Gasteiger partial charge in [0.1, 0.15) is 5.75 Å². The molecular weight excluding hydrogens is 304 g/mol. The fraction of sp³-hybridized carbons (Fsp3) is 0.316. The summed E-state index contributed by atoms with van der Waals surface area (Å²) in [6.45, 7) is 5.15. The number of aliphatic carboxylic acids is 1. The van der Waals surface area contributed by atoms with Gasteiger partial charge in [0, 0.05) is 16.7 Å². The summed E-state index contributed by atoms with van der Waals surface area (Å²) < 4.78 is 5.71. The molecule has 2 aromatic rings. The van der Waals surface area contributed by atoms with E-state index in [1.165, 1.54) is 11.8 Å². The summed E-state index contributed by atoms with van der Waals surface area (Å²) in [5, 5.41) is 16.4. The van der Waals surface area contributed by atoms with Gasteiger partial charge < -0.3 is 9.84 Å². The highest BCUT2D eigenvalue weighted by Gasteiger charge is 2.28. The van der Waals surface area contributed by atoms with Crippen molar-refractivity contribution in [2.75, 3.05) is 6.61 Å². The maximum absolute atomic E-state index is 10.7. The van der Waals surface area contributed by atoms with E-state index in [2.05, 4.69) is 42.0 Å². The molecule has 5 nitrogen and oxygen atoms in total. The van der Waals surface area contributed by atoms with E-state index in [0.29, 0.717) is 11.3 Å². The number of benzene rings is 1. The van der Waals surface area contributed by atoms with E-state index in [9.17, 15) is 4.79 Å². The van der Waals surface area contributed by atoms with Crippen molar-refractivity contribution in [1.29, 1.82) is 0 Å². The van der Waals surface area contributed by atoms with E-state index in [0.717, 1.165) is 24.3 Å². The van der Waals surface area contributed by atoms with Crippen molar-refractivity contribution >= 4 is 5.97 Å². The second kappa shape index (κ2) is 6.32. The number of carboxylic acid groups (broad SMARTS) is 1. The van der Waals surface area contributed by atoms with Gasteiger partial charge in [-0.05, 0) is 36.1 Å². The molecule has 0 unspecified atom stereocenters. The van der Waals surface area contributed by atoms with Crippen molar-refractivity contribution in [2.24, 2.45) is 0 Å². The molecule has 0 fully saturated rings. The van der Waals surface area contributed by atoms with Gasteiger partial charge in [0.05, 0.1) is 24.9 Å². The Bertz CT molecular complexity index is 847. The van der Waals surface area contributed by atoms with Crippen LogP contribution in [0.4, 0.5) is 0 Å². The van der Waals surface area contributed by atoms with E-state index in [-0.39, 0.29) is 11.8 Å². The summed E-state index contributed by atoms with van der Waals surface area (Å²) in [5.74, 6) is 6.11. The number of ether oxygens (including phenoxy) is 1. The highest BCUT2D eigenvalue weighted by molar-refractivity contribution is 5.69. The van der Waals surface area contributed by atoms with Crippen LogP contribution in [-0.4, -0.2) is 27.9 Å². The van der Waals surface area contributed by atoms with Gasteiger partial charge in [0.15, 0.2) is 0 Å². The Labute approximate surface area is 140 Å². The summed E-state index contributed by atoms with van der Waals surface area (Å²) in [6.07, 6.45) is 2.35. The van der Waals surface area contributed by atoms with Crippen LogP contribution in [0, 0.1) is 11.8 Å². The average Bonchev–Trinajstić information content (AvgIpc) is 2.53. The minimum atomic E-state index is -0.939. The lowest BCUT2D eigenvalue weighted by Crippen LogP contribution is -2.26. The molecule has 2 heterocycles. The number of rotatable bonds is 2. The Balaban J connectivity index is 1.88. The third-order valence-electron chi connectivity index (χ3n) is 4.08. The van der Waals surface area contributed by atoms with Crippen LogP contribution in [0.15, 0.2) is 30.5 Å². The highest BCUT2D eigenvalue weighted by Crippen LogP contribution is 2.38. The highest BCUT2D eigenvalue weighted by atomic mass is 16.5. The molecule has 0 saturated heterocycles. The summed E-state index contributed by atoms with van der Waals surface area (Å²) >= 11 is 0. The summed E-state index contributed by atoms with van der Waals surface area (Å²) in [7, 11) is 0. The number of carbonyl (C=O) groups is 1. The van der Waals surface area contributed by atoms with Crippen LogP contribution in [0.2, 0.25) is 0 Å². The van der Waals surface area contributed by atoms with Crippen molar-refractivity contribution < 1.29 is 14.6 Å². The van der Waals surface area contributed by atoms with Gasteiger partial charge in [-0.2, -0.15) is 10.2 Å². The molecule has 0 aliphatic carbocycles. The molecule has 3 rings (SSSR count). The maximum Gasteiger partial charge on any atom is 0.309 e. The first-order valence-electron chi connectivity index (χ1n) is 7.77. The summed E-state index contributed by atoms with van der Waals surface area (Å²) in [6, 6.07) is 7.61. The molecule has 0 spiro atoms. The van der Waals surface area contributed by atoms with Gasteiger partial charge in [0.25, 0.3) is 0 Å². The third kappa shape index (κ3) is 3.54. The molecule has 1 N–H and O–H groups in total. The number of nitrogens with zero attached hydrogens (tertiary/aromatic N) is 2. The molecule has 0 amide bonds. The molecule has 122 valence electrons. The van der Waals surface area contributed by atoms with Crippen molar-refractivity contribution in [1.82, 2.24) is 10.2 Å². The van der Waals surface area contributed by atoms with Crippen molar-refractivity contribution in [3.8, 4) is 17.6 Å². The largest absolute Gasteiger partial charge is 0.493 e. The minimum Gasteiger partial charge on any atom is -0.493 e. The fourth-order valence-electron chi connectivity index (χ4n) is 2.68. The van der Waals surface area contributed by atoms with Crippen molar-refractivity contribution in [2.45, 2.75) is 32.1 Å². The van der Waals surface area contributed by atoms with Crippen LogP contribution in [-0.2, 0) is 16.6 Å². The van der Waals surface area contributed by atoms with Gasteiger partial charge in [-0.1, -0.05) is 25.7 Å². The second-order valence-electron chi connectivity index (χ2n) is 6.45. The van der Waals surface area contributed by atoms with E-state index in [4.69, 9.17) is 9.84 Å². The molecule has 0 atom stereocenters. The molecule has 1 aromatic carbocycles. The molecule has 0 saturated carbocycles. The maximum atomic E-state index is 10.7. The van der Waals surface area contributed by atoms with Crippen molar-refractivity contribution in [3.05, 3.63) is 52.8 Å². The Kier molecular flexibility index (Phi) is 4.22. The number of fused-ring (bicyclic) bond motifs is 1. The number of hydrogen-bond donors (Lipinski definition) is 1. The molecule has 0 radical (unpaired) electrons. The Hall–Kier alpha value is -2.87. The third-order valence-corrected chi connectivity index (χ3v) is 4.08. The first-order valence-corrected chi connectivity index (χ1v) is 7.77. The van der Waals surface area contributed by atoms with Crippen LogP contribution < -0.4 is 4.74 Å². The Morgan fingerprint density at radius 2 is 2.08 bits per heavy atom. The minimum absolute atomic E-state index is 0.0676. The topological polar surface area (TPSA) is 72.3 Å². The molecule has 24 heavy (non-hydrogen) atoms. The van der Waals surface area contributed by atoms with Gasteiger partial charge in [0.2, 0.25) is 0 Å². The van der Waals surface area contributed by atoms with Crippen LogP contribution in [0.3, 0.4) is 0 Å². The Morgan fingerprint density at radius 1 is 1.29 bits per heavy atom. The number of hydrogen-bond acceptors (Lipinski definition) is 4.